The zero-order chi connectivity index (χ0) is 24.9. The molecule has 3 aromatic rings. The van der Waals surface area contributed by atoms with Gasteiger partial charge in [0.25, 0.3) is 11.8 Å². The number of rotatable bonds is 8. The van der Waals surface area contributed by atoms with Gasteiger partial charge in [0, 0.05) is 31.8 Å². The Morgan fingerprint density at radius 2 is 1.83 bits per heavy atom. The summed E-state index contributed by atoms with van der Waals surface area (Å²) in [4.78, 5) is 28.0. The molecule has 2 aromatic carbocycles. The summed E-state index contributed by atoms with van der Waals surface area (Å²) in [6.07, 6.45) is 0.600. The van der Waals surface area contributed by atoms with Crippen LogP contribution in [0.15, 0.2) is 65.1 Å². The van der Waals surface area contributed by atoms with E-state index in [1.165, 1.54) is 4.90 Å². The second-order valence-corrected chi connectivity index (χ2v) is 9.17. The van der Waals surface area contributed by atoms with Gasteiger partial charge in [-0.15, -0.1) is 11.3 Å². The molecule has 0 spiro atoms. The first-order valence-corrected chi connectivity index (χ1v) is 12.0. The third-order valence-corrected chi connectivity index (χ3v) is 6.66. The highest BCUT2D eigenvalue weighted by atomic mass is 32.1. The van der Waals surface area contributed by atoms with Crippen LogP contribution < -0.4 is 14.8 Å². The lowest BCUT2D eigenvalue weighted by Crippen LogP contribution is -2.32. The van der Waals surface area contributed by atoms with Crippen LogP contribution in [0.5, 0.6) is 11.5 Å². The Labute approximate surface area is 208 Å². The van der Waals surface area contributed by atoms with Crippen molar-refractivity contribution in [2.45, 2.75) is 12.5 Å². The van der Waals surface area contributed by atoms with E-state index in [-0.39, 0.29) is 24.4 Å². The Morgan fingerprint density at radius 1 is 1.09 bits per heavy atom. The molecule has 35 heavy (non-hydrogen) atoms. The number of carbonyl (C=O) groups excluding carboxylic acids is 2. The summed E-state index contributed by atoms with van der Waals surface area (Å²) in [5.41, 5.74) is 3.13. The van der Waals surface area contributed by atoms with E-state index in [1.54, 1.807) is 68.9 Å². The third-order valence-electron chi connectivity index (χ3n) is 5.75. The van der Waals surface area contributed by atoms with Crippen LogP contribution in [-0.4, -0.2) is 62.3 Å². The number of hydrazone groups is 1. The van der Waals surface area contributed by atoms with Crippen molar-refractivity contribution in [1.29, 1.82) is 0 Å². The predicted molar refractivity (Wildman–Crippen MR) is 138 cm³/mol. The van der Waals surface area contributed by atoms with Crippen LogP contribution in [0.2, 0.25) is 0 Å². The molecule has 9 heteroatoms. The summed E-state index contributed by atoms with van der Waals surface area (Å²) in [5, 5.41) is 11.4. The Bertz CT molecular complexity index is 1220. The maximum absolute atomic E-state index is 13.3. The van der Waals surface area contributed by atoms with Crippen LogP contribution in [0.25, 0.3) is 0 Å². The zero-order valence-corrected chi connectivity index (χ0v) is 21.0. The van der Waals surface area contributed by atoms with Gasteiger partial charge in [-0.05, 0) is 53.4 Å². The molecule has 0 bridgehead atoms. The van der Waals surface area contributed by atoms with Crippen molar-refractivity contribution < 1.29 is 19.1 Å². The molecule has 0 saturated carbocycles. The zero-order valence-electron chi connectivity index (χ0n) is 20.1. The summed E-state index contributed by atoms with van der Waals surface area (Å²) < 4.78 is 10.8. The van der Waals surface area contributed by atoms with E-state index in [4.69, 9.17) is 14.6 Å². The van der Waals surface area contributed by atoms with Gasteiger partial charge >= 0.3 is 0 Å². The molecule has 1 aromatic heterocycles. The lowest BCUT2D eigenvalue weighted by molar-refractivity contribution is -0.131. The fraction of sp³-hybridized carbons (Fsp3) is 0.269. The summed E-state index contributed by atoms with van der Waals surface area (Å²) in [5.74, 6) is 1.000. The fourth-order valence-electron chi connectivity index (χ4n) is 3.90. The summed E-state index contributed by atoms with van der Waals surface area (Å²) in [6.45, 7) is 0.0615. The molecule has 4 rings (SSSR count). The van der Waals surface area contributed by atoms with Gasteiger partial charge in [0.15, 0.2) is 11.5 Å². The second kappa shape index (κ2) is 10.6. The normalized spacial score (nSPS) is 14.9. The molecule has 0 aliphatic carbocycles. The average Bonchev–Trinajstić information content (AvgIpc) is 3.57. The van der Waals surface area contributed by atoms with Crippen molar-refractivity contribution in [2.24, 2.45) is 5.10 Å². The van der Waals surface area contributed by atoms with Crippen molar-refractivity contribution in [1.82, 2.24) is 9.91 Å². The molecule has 1 N–H and O–H groups in total. The number of methoxy groups -OCH3 is 2. The predicted octanol–water partition coefficient (Wildman–Crippen LogP) is 4.26. The Morgan fingerprint density at radius 3 is 2.46 bits per heavy atom. The lowest BCUT2D eigenvalue weighted by atomic mass is 10.0. The fourth-order valence-corrected chi connectivity index (χ4v) is 4.62. The molecule has 1 atom stereocenters. The van der Waals surface area contributed by atoms with E-state index in [0.29, 0.717) is 23.5 Å². The number of benzene rings is 2. The van der Waals surface area contributed by atoms with E-state index >= 15 is 0 Å². The number of ether oxygens (including phenoxy) is 2. The minimum atomic E-state index is -0.263. The number of nitrogens with zero attached hydrogens (tertiary/aromatic N) is 3. The molecule has 8 nitrogen and oxygen atoms in total. The molecule has 182 valence electrons. The highest BCUT2D eigenvalue weighted by Gasteiger charge is 2.33. The molecular formula is C26H28N4O4S. The molecule has 0 unspecified atom stereocenters. The Kier molecular flexibility index (Phi) is 7.36. The third kappa shape index (κ3) is 5.30. The SMILES string of the molecule is COc1ccc([C@H]2CC(c3cccs3)=NN2C(=O)CNc2ccc(C(=O)N(C)C)cc2)cc1OC. The van der Waals surface area contributed by atoms with Gasteiger partial charge in [-0.3, -0.25) is 9.59 Å². The van der Waals surface area contributed by atoms with Crippen molar-refractivity contribution in [3.63, 3.8) is 0 Å². The first-order valence-electron chi connectivity index (χ1n) is 11.1. The van der Waals surface area contributed by atoms with Crippen molar-refractivity contribution >= 4 is 34.6 Å². The summed E-state index contributed by atoms with van der Waals surface area (Å²) in [6, 6.07) is 16.5. The van der Waals surface area contributed by atoms with Crippen molar-refractivity contribution in [3.8, 4) is 11.5 Å². The number of amides is 2. The van der Waals surface area contributed by atoms with E-state index in [1.807, 2.05) is 35.7 Å². The van der Waals surface area contributed by atoms with Crippen LogP contribution in [0.3, 0.4) is 0 Å². The van der Waals surface area contributed by atoms with Crippen LogP contribution in [0, 0.1) is 0 Å². The van der Waals surface area contributed by atoms with Crippen LogP contribution in [0.1, 0.15) is 33.3 Å². The van der Waals surface area contributed by atoms with Crippen LogP contribution in [-0.2, 0) is 4.79 Å². The maximum Gasteiger partial charge on any atom is 0.262 e. The van der Waals surface area contributed by atoms with Gasteiger partial charge in [0.2, 0.25) is 0 Å². The smallest absolute Gasteiger partial charge is 0.262 e. The molecule has 0 saturated heterocycles. The van der Waals surface area contributed by atoms with Gasteiger partial charge in [0.05, 0.1) is 37.4 Å². The van der Waals surface area contributed by atoms with Gasteiger partial charge in [-0.1, -0.05) is 12.1 Å². The van der Waals surface area contributed by atoms with Crippen molar-refractivity contribution in [3.05, 3.63) is 76.0 Å². The summed E-state index contributed by atoms with van der Waals surface area (Å²) >= 11 is 1.60. The van der Waals surface area contributed by atoms with Gasteiger partial charge in [0.1, 0.15) is 0 Å². The van der Waals surface area contributed by atoms with Gasteiger partial charge in [-0.25, -0.2) is 5.01 Å². The van der Waals surface area contributed by atoms with E-state index < -0.39 is 0 Å². The van der Waals surface area contributed by atoms with E-state index in [0.717, 1.165) is 21.8 Å². The lowest BCUT2D eigenvalue weighted by Gasteiger charge is -2.23. The number of anilines is 1. The monoisotopic (exact) mass is 492 g/mol. The van der Waals surface area contributed by atoms with Gasteiger partial charge < -0.3 is 19.7 Å². The molecule has 1 aliphatic heterocycles. The Hall–Kier alpha value is -3.85. The number of thiophene rings is 1. The number of hydrogen-bond acceptors (Lipinski definition) is 7. The molecule has 0 radical (unpaired) electrons. The standard InChI is InChI=1S/C26H28N4O4S/c1-29(2)26(32)17-7-10-19(11-8-17)27-16-25(31)30-21(15-20(28-30)24-6-5-13-35-24)18-9-12-22(33-3)23(14-18)34-4/h5-14,21,27H,15-16H2,1-4H3/t21-/m1/s1. The molecule has 2 heterocycles. The van der Waals surface area contributed by atoms with Crippen molar-refractivity contribution in [2.75, 3.05) is 40.2 Å². The molecule has 2 amide bonds. The highest BCUT2D eigenvalue weighted by molar-refractivity contribution is 7.12. The highest BCUT2D eigenvalue weighted by Crippen LogP contribution is 2.37. The first-order chi connectivity index (χ1) is 16.9. The first kappa shape index (κ1) is 24.3. The minimum Gasteiger partial charge on any atom is -0.493 e. The van der Waals surface area contributed by atoms with Gasteiger partial charge in [-0.2, -0.15) is 5.10 Å². The molecular weight excluding hydrogens is 464 g/mol. The van der Waals surface area contributed by atoms with Crippen LogP contribution in [0.4, 0.5) is 5.69 Å². The number of hydrogen-bond donors (Lipinski definition) is 1. The quantitative estimate of drug-likeness (QED) is 0.508. The van der Waals surface area contributed by atoms with E-state index in [9.17, 15) is 9.59 Å². The topological polar surface area (TPSA) is 83.5 Å². The second-order valence-electron chi connectivity index (χ2n) is 8.23. The minimum absolute atomic E-state index is 0.0615. The van der Waals surface area contributed by atoms with E-state index in [2.05, 4.69) is 5.32 Å². The largest absolute Gasteiger partial charge is 0.493 e. The molecule has 0 fully saturated rings. The maximum atomic E-state index is 13.3. The number of nitrogens with one attached hydrogen (secondary N) is 1. The number of carbonyl (C=O) groups is 2. The Balaban J connectivity index is 1.53. The summed E-state index contributed by atoms with van der Waals surface area (Å²) in [7, 11) is 6.61. The molecule has 1 aliphatic rings. The van der Waals surface area contributed by atoms with Crippen LogP contribution >= 0.6 is 11.3 Å². The average molecular weight is 493 g/mol.